The van der Waals surface area contributed by atoms with Crippen LogP contribution >= 0.6 is 11.3 Å². The molecule has 2 rings (SSSR count). The fraction of sp³-hybridized carbons (Fsp3) is 0.500. The Morgan fingerprint density at radius 3 is 2.85 bits per heavy atom. The molecule has 2 aromatic rings. The Balaban J connectivity index is 2.36. The monoisotopic (exact) mass is 294 g/mol. The normalized spacial score (nSPS) is 12.6. The number of ether oxygens (including phenoxy) is 1. The van der Waals surface area contributed by atoms with Gasteiger partial charge in [-0.1, -0.05) is 6.92 Å². The largest absolute Gasteiger partial charge is 0.466 e. The minimum atomic E-state index is -0.369. The van der Waals surface area contributed by atoms with Gasteiger partial charge in [-0.3, -0.25) is 14.2 Å². The van der Waals surface area contributed by atoms with Crippen LogP contribution in [-0.4, -0.2) is 22.1 Å². The number of carbonyl (C=O) groups is 1. The van der Waals surface area contributed by atoms with E-state index in [0.29, 0.717) is 12.0 Å². The molecule has 0 aliphatic heterocycles. The van der Waals surface area contributed by atoms with Gasteiger partial charge in [0.25, 0.3) is 5.56 Å². The van der Waals surface area contributed by atoms with Gasteiger partial charge >= 0.3 is 5.97 Å². The number of fused-ring (bicyclic) bond motifs is 1. The highest BCUT2D eigenvalue weighted by atomic mass is 32.1. The minimum absolute atomic E-state index is 0.0898. The van der Waals surface area contributed by atoms with E-state index in [1.165, 1.54) is 22.2 Å². The maximum absolute atomic E-state index is 12.5. The molecule has 0 aromatic carbocycles. The molecule has 6 heteroatoms. The van der Waals surface area contributed by atoms with Crippen LogP contribution in [0.5, 0.6) is 0 Å². The van der Waals surface area contributed by atoms with E-state index in [4.69, 9.17) is 4.74 Å². The van der Waals surface area contributed by atoms with Crippen LogP contribution < -0.4 is 5.56 Å². The Labute approximate surface area is 121 Å². The summed E-state index contributed by atoms with van der Waals surface area (Å²) in [7, 11) is 0. The lowest BCUT2D eigenvalue weighted by Gasteiger charge is -2.12. The molecule has 108 valence electrons. The van der Waals surface area contributed by atoms with Crippen LogP contribution in [-0.2, 0) is 16.1 Å². The number of nitrogens with zero attached hydrogens (tertiary/aromatic N) is 2. The van der Waals surface area contributed by atoms with Crippen molar-refractivity contribution in [3.05, 3.63) is 27.1 Å². The van der Waals surface area contributed by atoms with E-state index >= 15 is 0 Å². The van der Waals surface area contributed by atoms with E-state index in [-0.39, 0.29) is 24.0 Å². The van der Waals surface area contributed by atoms with Gasteiger partial charge in [-0.2, -0.15) is 0 Å². The lowest BCUT2D eigenvalue weighted by atomic mass is 10.2. The van der Waals surface area contributed by atoms with Crippen LogP contribution in [0, 0.1) is 19.8 Å². The first-order chi connectivity index (χ1) is 9.45. The Bertz CT molecular complexity index is 702. The average molecular weight is 294 g/mol. The molecule has 0 saturated heterocycles. The maximum Gasteiger partial charge on any atom is 0.310 e. The highest BCUT2D eigenvalue weighted by Gasteiger charge is 2.17. The summed E-state index contributed by atoms with van der Waals surface area (Å²) < 4.78 is 6.45. The highest BCUT2D eigenvalue weighted by molar-refractivity contribution is 7.18. The molecule has 0 aliphatic carbocycles. The molecule has 1 unspecified atom stereocenters. The van der Waals surface area contributed by atoms with Crippen molar-refractivity contribution < 1.29 is 9.53 Å². The zero-order chi connectivity index (χ0) is 14.9. The molecule has 0 spiro atoms. The van der Waals surface area contributed by atoms with E-state index in [1.807, 2.05) is 13.8 Å². The molecule has 1 atom stereocenters. The summed E-state index contributed by atoms with van der Waals surface area (Å²) in [4.78, 5) is 30.3. The number of thiophene rings is 1. The Morgan fingerprint density at radius 2 is 2.20 bits per heavy atom. The SMILES string of the molecule is CCOC(=O)C(C)Cn1cnc2sc(C)c(C)c2c1=O. The quantitative estimate of drug-likeness (QED) is 0.812. The van der Waals surface area contributed by atoms with E-state index in [2.05, 4.69) is 4.98 Å². The Kier molecular flexibility index (Phi) is 4.23. The van der Waals surface area contributed by atoms with Crippen molar-refractivity contribution in [2.75, 3.05) is 6.61 Å². The number of aromatic nitrogens is 2. The smallest absolute Gasteiger partial charge is 0.310 e. The van der Waals surface area contributed by atoms with Crippen LogP contribution in [0.3, 0.4) is 0 Å². The summed E-state index contributed by atoms with van der Waals surface area (Å²) in [5.74, 6) is -0.662. The summed E-state index contributed by atoms with van der Waals surface area (Å²) in [6.07, 6.45) is 1.51. The number of hydrogen-bond acceptors (Lipinski definition) is 5. The summed E-state index contributed by atoms with van der Waals surface area (Å²) in [5, 5.41) is 0.658. The van der Waals surface area contributed by atoms with Gasteiger partial charge in [-0.05, 0) is 26.3 Å². The first kappa shape index (κ1) is 14.7. The number of carbonyl (C=O) groups excluding carboxylic acids is 1. The lowest BCUT2D eigenvalue weighted by Crippen LogP contribution is -2.27. The predicted octanol–water partition coefficient (Wildman–Crippen LogP) is 2.27. The Morgan fingerprint density at radius 1 is 1.50 bits per heavy atom. The van der Waals surface area contributed by atoms with Gasteiger partial charge in [0.15, 0.2) is 0 Å². The number of aryl methyl sites for hydroxylation is 2. The van der Waals surface area contributed by atoms with Gasteiger partial charge in [0, 0.05) is 11.4 Å². The molecule has 2 heterocycles. The third-order valence-corrected chi connectivity index (χ3v) is 4.43. The molecule has 0 amide bonds. The van der Waals surface area contributed by atoms with Gasteiger partial charge in [0.05, 0.1) is 24.2 Å². The molecule has 0 saturated carbocycles. The van der Waals surface area contributed by atoms with Crippen LogP contribution in [0.15, 0.2) is 11.1 Å². The molecular formula is C14H18N2O3S. The van der Waals surface area contributed by atoms with Crippen molar-refractivity contribution in [2.45, 2.75) is 34.2 Å². The van der Waals surface area contributed by atoms with Crippen molar-refractivity contribution in [1.82, 2.24) is 9.55 Å². The van der Waals surface area contributed by atoms with Crippen LogP contribution in [0.25, 0.3) is 10.2 Å². The second kappa shape index (κ2) is 5.75. The van der Waals surface area contributed by atoms with Crippen molar-refractivity contribution in [2.24, 2.45) is 5.92 Å². The van der Waals surface area contributed by atoms with Crippen molar-refractivity contribution in [3.8, 4) is 0 Å². The third-order valence-electron chi connectivity index (χ3n) is 3.32. The van der Waals surface area contributed by atoms with E-state index < -0.39 is 0 Å². The van der Waals surface area contributed by atoms with E-state index in [0.717, 1.165) is 15.3 Å². The fourth-order valence-corrected chi connectivity index (χ4v) is 3.04. The molecule has 0 fully saturated rings. The standard InChI is InChI=1S/C14H18N2O3S/c1-5-19-14(18)8(2)6-16-7-15-12-11(13(16)17)9(3)10(4)20-12/h7-8H,5-6H2,1-4H3. The second-order valence-corrected chi connectivity index (χ2v) is 6.02. The summed E-state index contributed by atoms with van der Waals surface area (Å²) in [5.41, 5.74) is 0.883. The first-order valence-electron chi connectivity index (χ1n) is 6.57. The number of hydrogen-bond donors (Lipinski definition) is 0. The molecule has 0 bridgehead atoms. The average Bonchev–Trinajstić information content (AvgIpc) is 2.69. The molecule has 20 heavy (non-hydrogen) atoms. The topological polar surface area (TPSA) is 61.2 Å². The van der Waals surface area contributed by atoms with Crippen molar-refractivity contribution in [3.63, 3.8) is 0 Å². The van der Waals surface area contributed by atoms with Gasteiger partial charge in [0.1, 0.15) is 4.83 Å². The Hall–Kier alpha value is -1.69. The van der Waals surface area contributed by atoms with Gasteiger partial charge < -0.3 is 4.74 Å². The maximum atomic E-state index is 12.5. The molecule has 5 nitrogen and oxygen atoms in total. The second-order valence-electron chi connectivity index (χ2n) is 4.82. The third kappa shape index (κ3) is 2.60. The molecule has 0 radical (unpaired) electrons. The summed E-state index contributed by atoms with van der Waals surface area (Å²) >= 11 is 1.52. The summed E-state index contributed by atoms with van der Waals surface area (Å²) in [6.45, 7) is 8.05. The van der Waals surface area contributed by atoms with Crippen molar-refractivity contribution in [1.29, 1.82) is 0 Å². The van der Waals surface area contributed by atoms with Crippen molar-refractivity contribution >= 4 is 27.5 Å². The first-order valence-corrected chi connectivity index (χ1v) is 7.39. The van der Waals surface area contributed by atoms with Gasteiger partial charge in [-0.25, -0.2) is 4.98 Å². The van der Waals surface area contributed by atoms with Crippen LogP contribution in [0.1, 0.15) is 24.3 Å². The minimum Gasteiger partial charge on any atom is -0.466 e. The lowest BCUT2D eigenvalue weighted by molar-refractivity contribution is -0.147. The van der Waals surface area contributed by atoms with Gasteiger partial charge in [-0.15, -0.1) is 11.3 Å². The highest BCUT2D eigenvalue weighted by Crippen LogP contribution is 2.25. The molecule has 0 aliphatic rings. The van der Waals surface area contributed by atoms with Crippen LogP contribution in [0.4, 0.5) is 0 Å². The fourth-order valence-electron chi connectivity index (χ4n) is 2.05. The van der Waals surface area contributed by atoms with Crippen LogP contribution in [0.2, 0.25) is 0 Å². The molecule has 0 N–H and O–H groups in total. The number of esters is 1. The van der Waals surface area contributed by atoms with E-state index in [1.54, 1.807) is 13.8 Å². The zero-order valence-electron chi connectivity index (χ0n) is 12.1. The molecule has 2 aromatic heterocycles. The predicted molar refractivity (Wildman–Crippen MR) is 79.2 cm³/mol. The van der Waals surface area contributed by atoms with E-state index in [9.17, 15) is 9.59 Å². The number of rotatable bonds is 4. The zero-order valence-corrected chi connectivity index (χ0v) is 12.9. The van der Waals surface area contributed by atoms with Gasteiger partial charge in [0.2, 0.25) is 0 Å². The molecular weight excluding hydrogens is 276 g/mol. The summed E-state index contributed by atoms with van der Waals surface area (Å²) in [6, 6.07) is 0.